The van der Waals surface area contributed by atoms with E-state index < -0.39 is 13.9 Å². The molecule has 3 aromatic rings. The molecule has 0 bridgehead atoms. The molecule has 2 saturated heterocycles. The summed E-state index contributed by atoms with van der Waals surface area (Å²) in [4.78, 5) is 39.4. The Hall–Kier alpha value is -3.07. The van der Waals surface area contributed by atoms with Gasteiger partial charge in [-0.15, -0.1) is 0 Å². The highest BCUT2D eigenvalue weighted by molar-refractivity contribution is 6.74. The predicted molar refractivity (Wildman–Crippen MR) is 182 cm³/mol. The molecular formula is C36H48N4O3Si. The molecule has 0 aliphatic carbocycles. The number of carbonyl (C=O) groups is 2. The number of amidine groups is 1. The summed E-state index contributed by atoms with van der Waals surface area (Å²) < 4.78 is 6.40. The van der Waals surface area contributed by atoms with Crippen LogP contribution in [-0.2, 0) is 9.22 Å². The Kier molecular flexibility index (Phi) is 8.22. The van der Waals surface area contributed by atoms with Crippen LogP contribution in [0.4, 0.5) is 0 Å². The summed E-state index contributed by atoms with van der Waals surface area (Å²) in [6, 6.07) is 18.9. The van der Waals surface area contributed by atoms with Crippen molar-refractivity contribution in [1.29, 1.82) is 0 Å². The molecule has 2 fully saturated rings. The van der Waals surface area contributed by atoms with E-state index in [1.54, 1.807) is 0 Å². The number of likely N-dealkylation sites (tertiary alicyclic amines) is 2. The van der Waals surface area contributed by atoms with Gasteiger partial charge in [0.2, 0.25) is 0 Å². The summed E-state index contributed by atoms with van der Waals surface area (Å²) in [7, 11) is -1.88. The summed E-state index contributed by atoms with van der Waals surface area (Å²) in [6.07, 6.45) is 3.57. The van der Waals surface area contributed by atoms with Crippen LogP contribution >= 0.6 is 0 Å². The summed E-state index contributed by atoms with van der Waals surface area (Å²) in [5.41, 5.74) is 0.127. The minimum atomic E-state index is -1.88. The lowest BCUT2D eigenvalue weighted by molar-refractivity contribution is -0.133. The van der Waals surface area contributed by atoms with Crippen LogP contribution in [-0.4, -0.2) is 91.6 Å². The van der Waals surface area contributed by atoms with Crippen LogP contribution in [0.5, 0.6) is 0 Å². The van der Waals surface area contributed by atoms with Gasteiger partial charge in [-0.3, -0.25) is 24.4 Å². The fraction of sp³-hybridized carbons (Fsp3) is 0.528. The number of amides is 2. The molecule has 1 atom stereocenters. The molecule has 44 heavy (non-hydrogen) atoms. The Morgan fingerprint density at radius 1 is 1.00 bits per heavy atom. The van der Waals surface area contributed by atoms with Gasteiger partial charge in [-0.25, -0.2) is 0 Å². The van der Waals surface area contributed by atoms with Gasteiger partial charge in [0.1, 0.15) is 5.84 Å². The summed E-state index contributed by atoms with van der Waals surface area (Å²) in [5.74, 6) is 1.07. The number of carbonyl (C=O) groups excluding carboxylic acids is 2. The largest absolute Gasteiger partial charge is 0.415 e. The maximum absolute atomic E-state index is 14.1. The van der Waals surface area contributed by atoms with Crippen molar-refractivity contribution in [2.45, 2.75) is 83.1 Å². The van der Waals surface area contributed by atoms with E-state index in [0.717, 1.165) is 78.3 Å². The molecule has 1 spiro atoms. The van der Waals surface area contributed by atoms with Crippen LogP contribution < -0.4 is 0 Å². The number of rotatable bonds is 6. The number of hydrogen-bond acceptors (Lipinski definition) is 5. The van der Waals surface area contributed by atoms with E-state index in [4.69, 9.17) is 9.42 Å². The third kappa shape index (κ3) is 5.61. The van der Waals surface area contributed by atoms with Crippen molar-refractivity contribution in [3.8, 4) is 0 Å². The summed E-state index contributed by atoms with van der Waals surface area (Å²) in [6.45, 7) is 17.4. The maximum atomic E-state index is 14.1. The van der Waals surface area contributed by atoms with Gasteiger partial charge in [0.25, 0.3) is 11.8 Å². The highest BCUT2D eigenvalue weighted by atomic mass is 28.4. The molecule has 0 N–H and O–H groups in total. The Bertz CT molecular complexity index is 1550. The Morgan fingerprint density at radius 2 is 1.61 bits per heavy atom. The second-order valence-corrected chi connectivity index (χ2v) is 19.4. The summed E-state index contributed by atoms with van der Waals surface area (Å²) in [5, 5.41) is 4.37. The number of aliphatic imine (C=N–C) groups is 1. The van der Waals surface area contributed by atoms with Crippen molar-refractivity contribution in [1.82, 2.24) is 14.7 Å². The molecule has 2 amide bonds. The normalized spacial score (nSPS) is 22.4. The highest BCUT2D eigenvalue weighted by Gasteiger charge is 2.50. The number of nitrogens with zero attached hydrogens (tertiary/aromatic N) is 4. The molecular weight excluding hydrogens is 565 g/mol. The molecule has 0 radical (unpaired) electrons. The number of benzene rings is 3. The van der Waals surface area contributed by atoms with Gasteiger partial charge in [-0.1, -0.05) is 69.3 Å². The molecule has 3 aromatic carbocycles. The fourth-order valence-electron chi connectivity index (χ4n) is 7.17. The van der Waals surface area contributed by atoms with E-state index in [1.807, 2.05) is 41.0 Å². The molecule has 3 aliphatic rings. The predicted octanol–water partition coefficient (Wildman–Crippen LogP) is 6.71. The van der Waals surface area contributed by atoms with E-state index in [1.165, 1.54) is 0 Å². The standard InChI is InChI=1S/C36H48N4O3Si/c1-26-37-36(34(42)40(26)22-23-43-44(5,6)35(2,3)4)18-11-19-39(25-36)29-16-20-38(21-17-29)33(41)32-30-14-9-7-12-27(30)24-28-13-8-10-15-31(28)32/h7-10,12-15,24,29H,11,16-23,25H2,1-6H3. The van der Waals surface area contributed by atoms with Crippen LogP contribution in [0.1, 0.15) is 63.7 Å². The number of piperidine rings is 2. The molecule has 0 aromatic heterocycles. The lowest BCUT2D eigenvalue weighted by atomic mass is 9.87. The van der Waals surface area contributed by atoms with Crippen LogP contribution in [0.15, 0.2) is 59.6 Å². The first-order valence-corrected chi connectivity index (χ1v) is 19.3. The first-order valence-electron chi connectivity index (χ1n) is 16.4. The second kappa shape index (κ2) is 11.7. The van der Waals surface area contributed by atoms with Gasteiger partial charge in [-0.05, 0) is 84.9 Å². The van der Waals surface area contributed by atoms with Crippen molar-refractivity contribution in [3.63, 3.8) is 0 Å². The molecule has 3 aliphatic heterocycles. The minimum absolute atomic E-state index is 0.119. The zero-order chi connectivity index (χ0) is 31.3. The molecule has 6 rings (SSSR count). The molecule has 0 saturated carbocycles. The first-order chi connectivity index (χ1) is 20.9. The third-order valence-corrected chi connectivity index (χ3v) is 15.3. The number of hydrogen-bond donors (Lipinski definition) is 0. The van der Waals surface area contributed by atoms with Crippen molar-refractivity contribution in [2.75, 3.05) is 39.3 Å². The second-order valence-electron chi connectivity index (χ2n) is 14.5. The lowest BCUT2D eigenvalue weighted by Gasteiger charge is -2.44. The zero-order valence-electron chi connectivity index (χ0n) is 27.4. The van der Waals surface area contributed by atoms with Crippen molar-refractivity contribution in [2.24, 2.45) is 4.99 Å². The minimum Gasteiger partial charge on any atom is -0.415 e. The summed E-state index contributed by atoms with van der Waals surface area (Å²) >= 11 is 0. The molecule has 7 nitrogen and oxygen atoms in total. The van der Waals surface area contributed by atoms with Gasteiger partial charge in [-0.2, -0.15) is 0 Å². The van der Waals surface area contributed by atoms with Gasteiger partial charge < -0.3 is 9.33 Å². The smallest absolute Gasteiger partial charge is 0.257 e. The topological polar surface area (TPSA) is 65.5 Å². The van der Waals surface area contributed by atoms with Crippen LogP contribution in [0.2, 0.25) is 18.1 Å². The van der Waals surface area contributed by atoms with Gasteiger partial charge in [0.15, 0.2) is 13.9 Å². The quantitative estimate of drug-likeness (QED) is 0.229. The van der Waals surface area contributed by atoms with Gasteiger partial charge in [0, 0.05) is 32.2 Å². The van der Waals surface area contributed by atoms with Gasteiger partial charge >= 0.3 is 0 Å². The Morgan fingerprint density at radius 3 is 2.23 bits per heavy atom. The number of fused-ring (bicyclic) bond motifs is 2. The average Bonchev–Trinajstić information content (AvgIpc) is 3.22. The highest BCUT2D eigenvalue weighted by Crippen LogP contribution is 2.38. The Labute approximate surface area is 263 Å². The Balaban J connectivity index is 1.11. The van der Waals surface area contributed by atoms with Crippen LogP contribution in [0.25, 0.3) is 21.5 Å². The third-order valence-electron chi connectivity index (χ3n) is 10.7. The molecule has 3 heterocycles. The van der Waals surface area contributed by atoms with Crippen LogP contribution in [0, 0.1) is 0 Å². The fourth-order valence-corrected chi connectivity index (χ4v) is 8.21. The van der Waals surface area contributed by atoms with E-state index in [9.17, 15) is 9.59 Å². The van der Waals surface area contributed by atoms with E-state index >= 15 is 0 Å². The SMILES string of the molecule is CC1=NC2(CCCN(C3CCN(C(=O)c4c5ccccc5cc5ccccc45)CC3)C2)C(=O)N1CCO[Si](C)(C)C(C)(C)C. The van der Waals surface area contributed by atoms with Crippen molar-refractivity contribution < 1.29 is 14.0 Å². The molecule has 234 valence electrons. The van der Waals surface area contributed by atoms with Crippen molar-refractivity contribution >= 4 is 47.5 Å². The average molecular weight is 613 g/mol. The van der Waals surface area contributed by atoms with Crippen LogP contribution in [0.3, 0.4) is 0 Å². The van der Waals surface area contributed by atoms with Crippen molar-refractivity contribution in [3.05, 3.63) is 60.2 Å². The zero-order valence-corrected chi connectivity index (χ0v) is 28.4. The van der Waals surface area contributed by atoms with E-state index in [2.05, 4.69) is 69.1 Å². The monoisotopic (exact) mass is 612 g/mol. The molecule has 1 unspecified atom stereocenters. The lowest BCUT2D eigenvalue weighted by Crippen LogP contribution is -2.57. The van der Waals surface area contributed by atoms with E-state index in [0.29, 0.717) is 25.7 Å². The van der Waals surface area contributed by atoms with Gasteiger partial charge in [0.05, 0.1) is 12.2 Å². The van der Waals surface area contributed by atoms with E-state index in [-0.39, 0.29) is 16.9 Å². The first kappa shape index (κ1) is 30.9. The molecule has 8 heteroatoms. The maximum Gasteiger partial charge on any atom is 0.257 e.